The van der Waals surface area contributed by atoms with Crippen molar-refractivity contribution in [1.82, 2.24) is 4.90 Å². The maximum atomic E-state index is 12.6. The van der Waals surface area contributed by atoms with Gasteiger partial charge in [-0.3, -0.25) is 9.29 Å². The summed E-state index contributed by atoms with van der Waals surface area (Å²) in [5, 5.41) is 13.8. The molecule has 3 aliphatic rings. The molecule has 1 aliphatic carbocycles. The summed E-state index contributed by atoms with van der Waals surface area (Å²) >= 11 is 0. The highest BCUT2D eigenvalue weighted by atomic mass is 19.1. The Hall–Kier alpha value is -3.31. The Labute approximate surface area is 232 Å². The Morgan fingerprint density at radius 1 is 0.923 bits per heavy atom. The van der Waals surface area contributed by atoms with Crippen LogP contribution in [-0.2, 0) is 12.8 Å². The summed E-state index contributed by atoms with van der Waals surface area (Å²) in [6, 6.07) is 21.3. The maximum Gasteiger partial charge on any atom is 0.119 e. The summed E-state index contributed by atoms with van der Waals surface area (Å²) in [7, 11) is 0. The molecule has 3 aromatic carbocycles. The van der Waals surface area contributed by atoms with Gasteiger partial charge < -0.3 is 15.2 Å². The third kappa shape index (κ3) is 5.99. The molecule has 0 amide bonds. The number of alkyl halides is 1. The zero-order chi connectivity index (χ0) is 25.9. The number of hydrogen-bond acceptors (Lipinski definition) is 4. The number of likely N-dealkylation sites (tertiary alicyclic amines) is 1. The third-order valence-corrected chi connectivity index (χ3v) is 8.21. The Morgan fingerprint density at radius 3 is 2.59 bits per heavy atom. The van der Waals surface area contributed by atoms with Crippen molar-refractivity contribution in [2.75, 3.05) is 38.2 Å². The minimum atomic E-state index is -0.258. The van der Waals surface area contributed by atoms with Gasteiger partial charge >= 0.3 is 0 Å². The molecule has 1 atom stereocenters. The Bertz CT molecular complexity index is 1320. The molecule has 3 aromatic rings. The summed E-state index contributed by atoms with van der Waals surface area (Å²) in [5.41, 5.74) is 10.1. The molecule has 39 heavy (non-hydrogen) atoms. The number of halogens is 1. The van der Waals surface area contributed by atoms with Crippen molar-refractivity contribution >= 4 is 16.8 Å². The number of allylic oxidation sites excluding steroid dienone is 1. The van der Waals surface area contributed by atoms with Gasteiger partial charge in [-0.1, -0.05) is 37.8 Å². The van der Waals surface area contributed by atoms with E-state index in [0.29, 0.717) is 12.2 Å². The average Bonchev–Trinajstić information content (AvgIpc) is 3.30. The van der Waals surface area contributed by atoms with Gasteiger partial charge in [-0.2, -0.15) is 0 Å². The van der Waals surface area contributed by atoms with Gasteiger partial charge in [0.25, 0.3) is 0 Å². The van der Waals surface area contributed by atoms with Gasteiger partial charge in [-0.15, -0.1) is 0 Å². The van der Waals surface area contributed by atoms with Gasteiger partial charge in [0, 0.05) is 31.9 Å². The van der Waals surface area contributed by atoms with E-state index in [4.69, 9.17) is 4.74 Å². The average molecular weight is 529 g/mol. The molecule has 0 aromatic heterocycles. The molecule has 1 fully saturated rings. The van der Waals surface area contributed by atoms with Crippen molar-refractivity contribution in [3.8, 4) is 11.5 Å². The van der Waals surface area contributed by atoms with Crippen molar-refractivity contribution in [3.63, 3.8) is 0 Å². The Kier molecular flexibility index (Phi) is 8.56. The van der Waals surface area contributed by atoms with Crippen LogP contribution in [0.2, 0.25) is 0 Å². The van der Waals surface area contributed by atoms with Crippen LogP contribution in [0.5, 0.6) is 11.5 Å². The molecule has 1 saturated heterocycles. The molecule has 0 bridgehead atoms. The number of rotatable bonds is 7. The second kappa shape index (κ2) is 12.3. The molecule has 2 aliphatic heterocycles. The lowest BCUT2D eigenvalue weighted by Crippen LogP contribution is -2.26. The number of nitrogens with one attached hydrogen (secondary N) is 1. The van der Waals surface area contributed by atoms with Crippen molar-refractivity contribution in [2.45, 2.75) is 58.5 Å². The number of phenolic OH excluding ortho intramolecular Hbond substituents is 1. The van der Waals surface area contributed by atoms with E-state index in [1.807, 2.05) is 12.1 Å². The first-order valence-corrected chi connectivity index (χ1v) is 14.2. The van der Waals surface area contributed by atoms with E-state index < -0.39 is 0 Å². The van der Waals surface area contributed by atoms with Crippen molar-refractivity contribution < 1.29 is 14.2 Å². The van der Waals surface area contributed by atoms with E-state index in [-0.39, 0.29) is 20.2 Å². The molecule has 0 spiro atoms. The summed E-state index contributed by atoms with van der Waals surface area (Å²) in [4.78, 5) is 2.29. The van der Waals surface area contributed by atoms with Gasteiger partial charge in [0.2, 0.25) is 0 Å². The van der Waals surface area contributed by atoms with Crippen LogP contribution in [0, 0.1) is 0 Å². The molecule has 5 heteroatoms. The first-order valence-electron chi connectivity index (χ1n) is 14.2. The highest BCUT2D eigenvalue weighted by molar-refractivity contribution is 6.00. The molecule has 2 heterocycles. The topological polar surface area (TPSA) is 44.7 Å². The number of aryl methyl sites for hydroxylation is 2. The van der Waals surface area contributed by atoms with Crippen molar-refractivity contribution in [1.29, 1.82) is 0 Å². The Balaban J connectivity index is 0.00000308. The van der Waals surface area contributed by atoms with Crippen LogP contribution in [0.15, 0.2) is 60.7 Å². The minimum absolute atomic E-state index is 0. The standard InChI is InChI=1S/C33H37FN2O2.CH4/c34-16-3-18-36-19-15-29(22-36)38-28-12-9-24(10-13-28)33-30(6-1-4-25-20-27(37)11-14-31(25)33)26-8-7-23-5-2-17-35-32(23)21-26;/h7-14,20-21,29,35,37H,1-6,15-19,22H2;1H4/t29-;/m0./s1. The largest absolute Gasteiger partial charge is 0.508 e. The molecule has 2 N–H and O–H groups in total. The van der Waals surface area contributed by atoms with Crippen LogP contribution in [0.3, 0.4) is 0 Å². The zero-order valence-corrected chi connectivity index (χ0v) is 22.0. The highest BCUT2D eigenvalue weighted by Gasteiger charge is 2.24. The first kappa shape index (κ1) is 27.3. The predicted molar refractivity (Wildman–Crippen MR) is 159 cm³/mol. The van der Waals surface area contributed by atoms with Crippen LogP contribution >= 0.6 is 0 Å². The van der Waals surface area contributed by atoms with Crippen LogP contribution in [0.1, 0.15) is 67.3 Å². The zero-order valence-electron chi connectivity index (χ0n) is 22.0. The van der Waals surface area contributed by atoms with Gasteiger partial charge in [0.05, 0.1) is 6.67 Å². The molecule has 206 valence electrons. The quantitative estimate of drug-likeness (QED) is 0.333. The summed E-state index contributed by atoms with van der Waals surface area (Å²) in [6.07, 6.45) is 7.02. The lowest BCUT2D eigenvalue weighted by Gasteiger charge is -2.21. The number of ether oxygens (including phenoxy) is 1. The second-order valence-electron chi connectivity index (χ2n) is 10.8. The van der Waals surface area contributed by atoms with Gasteiger partial charge in [-0.25, -0.2) is 0 Å². The van der Waals surface area contributed by atoms with Gasteiger partial charge in [0.1, 0.15) is 17.6 Å². The van der Waals surface area contributed by atoms with E-state index >= 15 is 0 Å². The molecule has 0 saturated carbocycles. The molecule has 0 radical (unpaired) electrons. The number of aromatic hydroxyl groups is 1. The second-order valence-corrected chi connectivity index (χ2v) is 10.8. The first-order chi connectivity index (χ1) is 18.7. The normalized spacial score (nSPS) is 18.9. The molecular formula is C34H41FN2O2. The maximum absolute atomic E-state index is 12.6. The van der Waals surface area contributed by atoms with E-state index in [1.54, 1.807) is 0 Å². The summed E-state index contributed by atoms with van der Waals surface area (Å²) in [5.74, 6) is 1.20. The van der Waals surface area contributed by atoms with Crippen LogP contribution in [0.25, 0.3) is 11.1 Å². The number of benzene rings is 3. The Morgan fingerprint density at radius 2 is 1.74 bits per heavy atom. The van der Waals surface area contributed by atoms with Crippen LogP contribution < -0.4 is 10.1 Å². The van der Waals surface area contributed by atoms with E-state index in [9.17, 15) is 9.50 Å². The SMILES string of the molecule is C.Oc1ccc2c(c1)CCCC(c1ccc3c(c1)NCCC3)=C2c1ccc(O[C@H]2CCN(CCCF)C2)cc1. The number of phenols is 1. The highest BCUT2D eigenvalue weighted by Crippen LogP contribution is 2.42. The number of hydrogen-bond donors (Lipinski definition) is 2. The fraction of sp³-hybridized carbons (Fsp3) is 0.412. The smallest absolute Gasteiger partial charge is 0.119 e. The summed E-state index contributed by atoms with van der Waals surface area (Å²) < 4.78 is 18.9. The number of nitrogens with zero attached hydrogens (tertiary/aromatic N) is 1. The predicted octanol–water partition coefficient (Wildman–Crippen LogP) is 7.49. The third-order valence-electron chi connectivity index (χ3n) is 8.21. The minimum Gasteiger partial charge on any atom is -0.508 e. The van der Waals surface area contributed by atoms with Crippen LogP contribution in [0.4, 0.5) is 10.1 Å². The molecule has 4 nitrogen and oxygen atoms in total. The van der Waals surface area contributed by atoms with Crippen molar-refractivity contribution in [3.05, 3.63) is 88.5 Å². The lowest BCUT2D eigenvalue weighted by molar-refractivity contribution is 0.198. The summed E-state index contributed by atoms with van der Waals surface area (Å²) in [6.45, 7) is 3.41. The molecule has 6 rings (SSSR count). The van der Waals surface area contributed by atoms with Gasteiger partial charge in [-0.05, 0) is 114 Å². The van der Waals surface area contributed by atoms with Crippen molar-refractivity contribution in [2.24, 2.45) is 0 Å². The van der Waals surface area contributed by atoms with E-state index in [1.165, 1.54) is 51.1 Å². The van der Waals surface area contributed by atoms with E-state index in [0.717, 1.165) is 64.0 Å². The fourth-order valence-electron chi connectivity index (χ4n) is 6.31. The van der Waals surface area contributed by atoms with E-state index in [2.05, 4.69) is 58.7 Å². The molecular weight excluding hydrogens is 487 g/mol. The lowest BCUT2D eigenvalue weighted by atomic mass is 9.87. The molecule has 0 unspecified atom stereocenters. The van der Waals surface area contributed by atoms with Gasteiger partial charge in [0.15, 0.2) is 0 Å². The number of fused-ring (bicyclic) bond motifs is 2. The number of anilines is 1. The van der Waals surface area contributed by atoms with Crippen LogP contribution in [-0.4, -0.2) is 49.0 Å². The monoisotopic (exact) mass is 528 g/mol. The fourth-order valence-corrected chi connectivity index (χ4v) is 6.31.